The number of piperidine rings is 1. The van der Waals surface area contributed by atoms with Crippen LogP contribution in [0.1, 0.15) is 31.4 Å². The van der Waals surface area contributed by atoms with Crippen molar-refractivity contribution in [1.82, 2.24) is 15.2 Å². The quantitative estimate of drug-likeness (QED) is 0.893. The zero-order chi connectivity index (χ0) is 14.5. The third kappa shape index (κ3) is 3.70. The van der Waals surface area contributed by atoms with Gasteiger partial charge in [-0.15, -0.1) is 0 Å². The second-order valence-electron chi connectivity index (χ2n) is 6.05. The van der Waals surface area contributed by atoms with E-state index in [4.69, 9.17) is 0 Å². The van der Waals surface area contributed by atoms with E-state index in [9.17, 15) is 0 Å². The number of pyridine rings is 1. The average molecular weight is 276 g/mol. The van der Waals surface area contributed by atoms with E-state index in [1.807, 2.05) is 19.3 Å². The van der Waals surface area contributed by atoms with Crippen LogP contribution in [0.2, 0.25) is 0 Å². The van der Waals surface area contributed by atoms with Crippen LogP contribution >= 0.6 is 0 Å². The first-order valence-corrected chi connectivity index (χ1v) is 7.63. The highest BCUT2D eigenvalue weighted by Crippen LogP contribution is 2.25. The average Bonchev–Trinajstić information content (AvgIpc) is 2.48. The molecular weight excluding hydrogens is 248 g/mol. The standard InChI is InChI=1S/C16H28N4/c1-13(17-2)15-6-5-9-18-16(15)20(4)12-14-7-10-19(3)11-8-14/h5-6,9,13-14,17H,7-8,10-12H2,1-4H3. The summed E-state index contributed by atoms with van der Waals surface area (Å²) in [5.74, 6) is 1.91. The topological polar surface area (TPSA) is 31.4 Å². The molecule has 0 amide bonds. The molecule has 4 heteroatoms. The van der Waals surface area contributed by atoms with Crippen LogP contribution in [0, 0.1) is 5.92 Å². The van der Waals surface area contributed by atoms with E-state index in [-0.39, 0.29) is 0 Å². The van der Waals surface area contributed by atoms with Gasteiger partial charge in [-0.1, -0.05) is 6.07 Å². The van der Waals surface area contributed by atoms with Crippen LogP contribution in [-0.2, 0) is 0 Å². The van der Waals surface area contributed by atoms with Gasteiger partial charge in [0.1, 0.15) is 5.82 Å². The molecule has 1 fully saturated rings. The van der Waals surface area contributed by atoms with Crippen molar-refractivity contribution in [3.8, 4) is 0 Å². The Morgan fingerprint density at radius 2 is 2.15 bits per heavy atom. The van der Waals surface area contributed by atoms with Gasteiger partial charge in [-0.3, -0.25) is 0 Å². The number of aromatic nitrogens is 1. The molecule has 0 saturated carbocycles. The molecule has 0 aromatic carbocycles. The van der Waals surface area contributed by atoms with Crippen molar-refractivity contribution >= 4 is 5.82 Å². The van der Waals surface area contributed by atoms with Crippen LogP contribution in [0.4, 0.5) is 5.82 Å². The summed E-state index contributed by atoms with van der Waals surface area (Å²) in [5, 5.41) is 3.31. The molecule has 1 atom stereocenters. The lowest BCUT2D eigenvalue weighted by Gasteiger charge is -2.33. The third-order valence-corrected chi connectivity index (χ3v) is 4.45. The van der Waals surface area contributed by atoms with Gasteiger partial charge < -0.3 is 15.1 Å². The fourth-order valence-electron chi connectivity index (χ4n) is 2.94. The van der Waals surface area contributed by atoms with Crippen molar-refractivity contribution in [3.05, 3.63) is 23.9 Å². The SMILES string of the molecule is CNC(C)c1cccnc1N(C)CC1CCN(C)CC1. The number of anilines is 1. The summed E-state index contributed by atoms with van der Waals surface area (Å²) in [6.07, 6.45) is 4.49. The second kappa shape index (κ2) is 7.04. The Kier molecular flexibility index (Phi) is 5.38. The van der Waals surface area contributed by atoms with Crippen LogP contribution in [0.25, 0.3) is 0 Å². The minimum Gasteiger partial charge on any atom is -0.359 e. The lowest BCUT2D eigenvalue weighted by Crippen LogP contribution is -2.36. The Hall–Kier alpha value is -1.13. The minimum atomic E-state index is 0.332. The maximum atomic E-state index is 4.60. The molecule has 1 saturated heterocycles. The van der Waals surface area contributed by atoms with E-state index in [2.05, 4.69) is 47.2 Å². The first kappa shape index (κ1) is 15.3. The van der Waals surface area contributed by atoms with E-state index in [1.54, 1.807) is 0 Å². The maximum Gasteiger partial charge on any atom is 0.133 e. The smallest absolute Gasteiger partial charge is 0.133 e. The lowest BCUT2D eigenvalue weighted by atomic mass is 9.96. The van der Waals surface area contributed by atoms with Gasteiger partial charge in [-0.25, -0.2) is 4.98 Å². The number of hydrogen-bond donors (Lipinski definition) is 1. The molecule has 1 aromatic rings. The molecular formula is C16H28N4. The monoisotopic (exact) mass is 276 g/mol. The van der Waals surface area contributed by atoms with Gasteiger partial charge in [0.15, 0.2) is 0 Å². The predicted molar refractivity (Wildman–Crippen MR) is 85.2 cm³/mol. The van der Waals surface area contributed by atoms with E-state index < -0.39 is 0 Å². The normalized spacial score (nSPS) is 19.0. The number of hydrogen-bond acceptors (Lipinski definition) is 4. The summed E-state index contributed by atoms with van der Waals surface area (Å²) in [6.45, 7) is 5.74. The Bertz CT molecular complexity index is 413. The van der Waals surface area contributed by atoms with Crippen LogP contribution < -0.4 is 10.2 Å². The molecule has 2 rings (SSSR count). The van der Waals surface area contributed by atoms with Crippen LogP contribution in [0.15, 0.2) is 18.3 Å². The van der Waals surface area contributed by atoms with Crippen molar-refractivity contribution in [2.75, 3.05) is 45.7 Å². The van der Waals surface area contributed by atoms with Gasteiger partial charge in [-0.05, 0) is 58.9 Å². The van der Waals surface area contributed by atoms with Crippen LogP contribution in [0.5, 0.6) is 0 Å². The molecule has 1 N–H and O–H groups in total. The van der Waals surface area contributed by atoms with Gasteiger partial charge in [0.2, 0.25) is 0 Å². The first-order valence-electron chi connectivity index (χ1n) is 7.63. The molecule has 1 aliphatic rings. The lowest BCUT2D eigenvalue weighted by molar-refractivity contribution is 0.222. The largest absolute Gasteiger partial charge is 0.359 e. The van der Waals surface area contributed by atoms with E-state index in [1.165, 1.54) is 31.5 Å². The van der Waals surface area contributed by atoms with Crippen molar-refractivity contribution in [1.29, 1.82) is 0 Å². The van der Waals surface area contributed by atoms with Crippen molar-refractivity contribution in [2.24, 2.45) is 5.92 Å². The molecule has 112 valence electrons. The number of likely N-dealkylation sites (tertiary alicyclic amines) is 1. The predicted octanol–water partition coefficient (Wildman–Crippen LogP) is 2.14. The van der Waals surface area contributed by atoms with E-state index in [0.717, 1.165) is 18.3 Å². The second-order valence-corrected chi connectivity index (χ2v) is 6.05. The van der Waals surface area contributed by atoms with Gasteiger partial charge in [0.25, 0.3) is 0 Å². The van der Waals surface area contributed by atoms with Crippen LogP contribution in [0.3, 0.4) is 0 Å². The minimum absolute atomic E-state index is 0.332. The zero-order valence-corrected chi connectivity index (χ0v) is 13.3. The summed E-state index contributed by atoms with van der Waals surface area (Å²) in [5.41, 5.74) is 1.28. The summed E-state index contributed by atoms with van der Waals surface area (Å²) < 4.78 is 0. The van der Waals surface area contributed by atoms with E-state index in [0.29, 0.717) is 6.04 Å². The highest BCUT2D eigenvalue weighted by atomic mass is 15.2. The Morgan fingerprint density at radius 1 is 1.45 bits per heavy atom. The molecule has 2 heterocycles. The van der Waals surface area contributed by atoms with Gasteiger partial charge in [0, 0.05) is 31.4 Å². The molecule has 1 aromatic heterocycles. The van der Waals surface area contributed by atoms with E-state index >= 15 is 0 Å². The molecule has 0 aliphatic carbocycles. The summed E-state index contributed by atoms with van der Waals surface area (Å²) in [6, 6.07) is 4.53. The number of rotatable bonds is 5. The highest BCUT2D eigenvalue weighted by molar-refractivity contribution is 5.47. The Balaban J connectivity index is 2.03. The number of nitrogens with zero attached hydrogens (tertiary/aromatic N) is 3. The Labute approximate surface area is 123 Å². The molecule has 0 radical (unpaired) electrons. The van der Waals surface area contributed by atoms with Gasteiger partial charge in [0.05, 0.1) is 0 Å². The number of nitrogens with one attached hydrogen (secondary N) is 1. The molecule has 0 bridgehead atoms. The summed E-state index contributed by atoms with van der Waals surface area (Å²) >= 11 is 0. The third-order valence-electron chi connectivity index (χ3n) is 4.45. The highest BCUT2D eigenvalue weighted by Gasteiger charge is 2.20. The summed E-state index contributed by atoms with van der Waals surface area (Å²) in [4.78, 5) is 9.36. The molecule has 0 spiro atoms. The molecule has 20 heavy (non-hydrogen) atoms. The maximum absolute atomic E-state index is 4.60. The van der Waals surface area contributed by atoms with Gasteiger partial charge in [-0.2, -0.15) is 0 Å². The molecule has 4 nitrogen and oxygen atoms in total. The first-order chi connectivity index (χ1) is 9.61. The van der Waals surface area contributed by atoms with Gasteiger partial charge >= 0.3 is 0 Å². The fraction of sp³-hybridized carbons (Fsp3) is 0.688. The van der Waals surface area contributed by atoms with Crippen molar-refractivity contribution in [2.45, 2.75) is 25.8 Å². The zero-order valence-electron chi connectivity index (χ0n) is 13.3. The molecule has 1 unspecified atom stereocenters. The Morgan fingerprint density at radius 3 is 2.80 bits per heavy atom. The summed E-state index contributed by atoms with van der Waals surface area (Å²) in [7, 11) is 6.39. The van der Waals surface area contributed by atoms with Crippen LogP contribution in [-0.4, -0.2) is 50.7 Å². The van der Waals surface area contributed by atoms with Crippen molar-refractivity contribution in [3.63, 3.8) is 0 Å². The molecule has 1 aliphatic heterocycles. The van der Waals surface area contributed by atoms with Crippen molar-refractivity contribution < 1.29 is 0 Å². The fourth-order valence-corrected chi connectivity index (χ4v) is 2.94.